The van der Waals surface area contributed by atoms with Crippen molar-refractivity contribution in [2.24, 2.45) is 17.8 Å². The van der Waals surface area contributed by atoms with Crippen molar-refractivity contribution in [2.45, 2.75) is 235 Å². The van der Waals surface area contributed by atoms with Crippen molar-refractivity contribution in [3.8, 4) is 0 Å². The molecule has 6 fully saturated rings. The van der Waals surface area contributed by atoms with Crippen LogP contribution in [0, 0.1) is 17.8 Å². The second-order valence-electron chi connectivity index (χ2n) is 29.5. The Morgan fingerprint density at radius 2 is 1.28 bits per heavy atom. The van der Waals surface area contributed by atoms with E-state index in [0.29, 0.717) is 25.7 Å². The van der Waals surface area contributed by atoms with Crippen LogP contribution in [-0.4, -0.2) is 269 Å². The van der Waals surface area contributed by atoms with Gasteiger partial charge in [0.15, 0.2) is 0 Å². The minimum absolute atomic E-state index is 0.0140. The molecular formula is C71H105ClF6N12O13. The molecule has 1 spiro atoms. The van der Waals surface area contributed by atoms with E-state index in [2.05, 4.69) is 16.0 Å². The molecule has 12 amide bonds. The lowest BCUT2D eigenvalue weighted by atomic mass is 9.84. The molecule has 6 aliphatic rings. The number of carbonyl (C=O) groups excluding carboxylic acids is 12. The molecule has 7 rings (SSSR count). The highest BCUT2D eigenvalue weighted by molar-refractivity contribution is 6.31. The number of likely N-dealkylation sites (tertiary alicyclic amines) is 1. The summed E-state index contributed by atoms with van der Waals surface area (Å²) in [4.78, 5) is 190. The van der Waals surface area contributed by atoms with Gasteiger partial charge in [0.2, 0.25) is 70.9 Å². The van der Waals surface area contributed by atoms with Crippen LogP contribution in [0.5, 0.6) is 0 Å². The predicted molar refractivity (Wildman–Crippen MR) is 366 cm³/mol. The van der Waals surface area contributed by atoms with Crippen LogP contribution in [0.3, 0.4) is 0 Å². The van der Waals surface area contributed by atoms with E-state index in [4.69, 9.17) is 16.3 Å². The molecule has 0 unspecified atom stereocenters. The van der Waals surface area contributed by atoms with E-state index in [0.717, 1.165) is 77.3 Å². The first kappa shape index (κ1) is 83.0. The van der Waals surface area contributed by atoms with E-state index >= 15 is 19.2 Å². The number of hydrogen-bond donors (Lipinski definition) is 3. The molecule has 4 aliphatic heterocycles. The van der Waals surface area contributed by atoms with Crippen LogP contribution in [0.25, 0.3) is 0 Å². The molecule has 2 saturated carbocycles. The molecule has 4 saturated heterocycles. The maximum absolute atomic E-state index is 15.4. The molecule has 1 aromatic carbocycles. The SMILES string of the molecule is CC[C@H](C)[C@@H]1NC(=O)[C@H](COCC(F)(F)F)N(C)C(=O)C[C@@H](C(=O)N2CCCCC2)N(C)C(=O)[C@H](C(C)C)N(C)C(=O)C2(CCCC2)NC(=O)[C@@H]2CCCN2C(=O)[C@H](CCc2ccc(C(F)(F)F)c(Cl)c2)NC(=O)CN(C)C(=O)[C@H](CC2CCCCC2)N(C)C(=O)[C@@H]2CCN2C(=O)[C@H](C)N(C)C1=O. The number of hydrogen-bond acceptors (Lipinski definition) is 13. The van der Waals surface area contributed by atoms with Crippen molar-refractivity contribution in [3.63, 3.8) is 0 Å². The van der Waals surface area contributed by atoms with Gasteiger partial charge >= 0.3 is 12.4 Å². The number of benzene rings is 1. The summed E-state index contributed by atoms with van der Waals surface area (Å²) in [6.45, 7) is 4.93. The molecule has 3 N–H and O–H groups in total. The fourth-order valence-electron chi connectivity index (χ4n) is 15.3. The van der Waals surface area contributed by atoms with Crippen molar-refractivity contribution in [1.29, 1.82) is 0 Å². The molecule has 103 heavy (non-hydrogen) atoms. The minimum atomic E-state index is -4.90. The molecule has 0 aromatic heterocycles. The number of likely N-dealkylation sites (N-methyl/N-ethyl adjacent to an activating group) is 6. The smallest absolute Gasteiger partial charge is 0.369 e. The number of nitrogens with zero attached hydrogens (tertiary/aromatic N) is 9. The van der Waals surface area contributed by atoms with E-state index in [1.54, 1.807) is 27.7 Å². The first-order chi connectivity index (χ1) is 48.3. The monoisotopic (exact) mass is 1480 g/mol. The predicted octanol–water partition coefficient (Wildman–Crippen LogP) is 5.56. The summed E-state index contributed by atoms with van der Waals surface area (Å²) in [5.41, 5.74) is -2.50. The van der Waals surface area contributed by atoms with Crippen LogP contribution in [-0.2, 0) is 74.9 Å². The van der Waals surface area contributed by atoms with E-state index in [9.17, 15) is 64.7 Å². The number of nitrogens with one attached hydrogen (secondary N) is 3. The number of halogens is 7. The third-order valence-electron chi connectivity index (χ3n) is 22.0. The Hall–Kier alpha value is -7.31. The molecular weight excluding hydrogens is 1380 g/mol. The van der Waals surface area contributed by atoms with E-state index < -0.39 is 192 Å². The average molecular weight is 1480 g/mol. The number of piperidine rings is 1. The van der Waals surface area contributed by atoms with Gasteiger partial charge in [-0.05, 0) is 113 Å². The van der Waals surface area contributed by atoms with Gasteiger partial charge in [-0.2, -0.15) is 26.3 Å². The Balaban J connectivity index is 1.30. The van der Waals surface area contributed by atoms with Crippen molar-refractivity contribution in [1.82, 2.24) is 60.0 Å². The second kappa shape index (κ2) is 35.7. The number of amides is 12. The number of rotatable bonds is 12. The lowest BCUT2D eigenvalue weighted by Crippen LogP contribution is -2.65. The fraction of sp³-hybridized carbons (Fsp3) is 0.746. The highest BCUT2D eigenvalue weighted by atomic mass is 35.5. The van der Waals surface area contributed by atoms with Crippen molar-refractivity contribution < 1.29 is 88.6 Å². The zero-order valence-corrected chi connectivity index (χ0v) is 62.0. The highest BCUT2D eigenvalue weighted by Crippen LogP contribution is 2.38. The van der Waals surface area contributed by atoms with Gasteiger partial charge in [-0.15, -0.1) is 0 Å². The Morgan fingerprint density at radius 3 is 1.86 bits per heavy atom. The number of fused-ring (bicyclic) bond motifs is 2. The maximum Gasteiger partial charge on any atom is 0.417 e. The van der Waals surface area contributed by atoms with Crippen molar-refractivity contribution in [2.75, 3.05) is 88.2 Å². The zero-order valence-electron chi connectivity index (χ0n) is 61.2. The summed E-state index contributed by atoms with van der Waals surface area (Å²) in [5, 5.41) is 7.72. The van der Waals surface area contributed by atoms with Crippen LogP contribution in [0.1, 0.15) is 168 Å². The normalized spacial score (nSPS) is 27.5. The standard InChI is InChI=1S/C71H105ClF6N12O13/c1-12-43(4)57-66(100)83(7)44(5)61(95)90-35-29-51(90)64(98)85(9)52(37-45-22-15-13-16-23-45)63(97)82(6)39-55(91)79-49(28-26-46-25-27-47(48(72)36-46)71(76,77)78)62(96)89-34-21-24-50(89)60(94)81-69(30-17-18-31-69)68(102)87(11)58(42(2)3)67(101)86(10)53(65(99)88-32-19-14-20-33-88)38-56(92)84(8)54(59(93)80-57)40-103-41-70(73,74)75/h25,27,36,42-45,49-54,57-58H,12-24,26,28-35,37-41H2,1-11H3,(H,79,91)(H,80,93)(H,81,94)/t43-,44-,49-,50-,51-,52-,53-,54-,57-,58-/m0/s1. The summed E-state index contributed by atoms with van der Waals surface area (Å²) < 4.78 is 88.1. The molecule has 10 atom stereocenters. The molecule has 4 heterocycles. The molecule has 32 heteroatoms. The largest absolute Gasteiger partial charge is 0.417 e. The number of carbonyl (C=O) groups is 12. The summed E-state index contributed by atoms with van der Waals surface area (Å²) in [6.07, 6.45) is -2.87. The van der Waals surface area contributed by atoms with Gasteiger partial charge in [0.05, 0.1) is 30.2 Å². The maximum atomic E-state index is 15.4. The summed E-state index contributed by atoms with van der Waals surface area (Å²) >= 11 is 6.14. The molecule has 1 aromatic rings. The van der Waals surface area contributed by atoms with Gasteiger partial charge < -0.3 is 64.8 Å². The zero-order chi connectivity index (χ0) is 76.3. The van der Waals surface area contributed by atoms with E-state index in [1.165, 1.54) is 72.7 Å². The van der Waals surface area contributed by atoms with Crippen LogP contribution >= 0.6 is 11.6 Å². The van der Waals surface area contributed by atoms with Crippen LogP contribution in [0.15, 0.2) is 18.2 Å². The number of ether oxygens (including phenoxy) is 1. The fourth-order valence-corrected chi connectivity index (χ4v) is 15.6. The van der Waals surface area contributed by atoms with Crippen LogP contribution in [0.2, 0.25) is 5.02 Å². The van der Waals surface area contributed by atoms with Gasteiger partial charge in [0, 0.05) is 68.5 Å². The first-order valence-corrected chi connectivity index (χ1v) is 36.6. The first-order valence-electron chi connectivity index (χ1n) is 36.2. The van der Waals surface area contributed by atoms with Gasteiger partial charge in [-0.1, -0.05) is 96.7 Å². The summed E-state index contributed by atoms with van der Waals surface area (Å²) in [6, 6.07) is -9.70. The van der Waals surface area contributed by atoms with Crippen molar-refractivity contribution in [3.05, 3.63) is 34.3 Å². The van der Waals surface area contributed by atoms with Crippen molar-refractivity contribution >= 4 is 82.5 Å². The molecule has 0 bridgehead atoms. The molecule has 2 aliphatic carbocycles. The van der Waals surface area contributed by atoms with Gasteiger partial charge in [0.1, 0.15) is 66.5 Å². The molecule has 25 nitrogen and oxygen atoms in total. The Kier molecular flexibility index (Phi) is 28.7. The number of aryl methyl sites for hydroxylation is 1. The average Bonchev–Trinajstić information content (AvgIpc) is 1.77. The Morgan fingerprint density at radius 1 is 0.650 bits per heavy atom. The van der Waals surface area contributed by atoms with E-state index in [1.807, 2.05) is 0 Å². The highest BCUT2D eigenvalue weighted by Gasteiger charge is 2.52. The number of alkyl halides is 6. The van der Waals surface area contributed by atoms with Gasteiger partial charge in [-0.25, -0.2) is 0 Å². The minimum Gasteiger partial charge on any atom is -0.369 e. The lowest BCUT2D eigenvalue weighted by molar-refractivity contribution is -0.179. The van der Waals surface area contributed by atoms with E-state index in [-0.39, 0.29) is 95.4 Å². The lowest BCUT2D eigenvalue weighted by Gasteiger charge is -2.45. The second-order valence-corrected chi connectivity index (χ2v) is 29.9. The van der Waals surface area contributed by atoms with Gasteiger partial charge in [0.25, 0.3) is 0 Å². The third-order valence-corrected chi connectivity index (χ3v) is 22.3. The summed E-state index contributed by atoms with van der Waals surface area (Å²) in [5.74, 6) is -11.0. The van der Waals surface area contributed by atoms with Crippen LogP contribution < -0.4 is 16.0 Å². The topological polar surface area (TPSA) is 279 Å². The Labute approximate surface area is 604 Å². The molecule has 576 valence electrons. The quantitative estimate of drug-likeness (QED) is 0.216. The van der Waals surface area contributed by atoms with Crippen LogP contribution in [0.4, 0.5) is 26.3 Å². The Bertz CT molecular complexity index is 3260. The summed E-state index contributed by atoms with van der Waals surface area (Å²) in [7, 11) is 7.79. The third kappa shape index (κ3) is 20.2. The molecule has 0 radical (unpaired) electrons. The van der Waals surface area contributed by atoms with Gasteiger partial charge in [-0.3, -0.25) is 57.5 Å².